The highest BCUT2D eigenvalue weighted by atomic mass is 16.5. The minimum atomic E-state index is -0.494. The zero-order valence-corrected chi connectivity index (χ0v) is 15.9. The van der Waals surface area contributed by atoms with Crippen LogP contribution in [0.15, 0.2) is 66.7 Å². The molecule has 0 bridgehead atoms. The topological polar surface area (TPSA) is 79.5 Å². The summed E-state index contributed by atoms with van der Waals surface area (Å²) in [4.78, 5) is 23.9. The maximum atomic E-state index is 12.5. The van der Waals surface area contributed by atoms with Crippen LogP contribution in [-0.4, -0.2) is 24.6 Å². The van der Waals surface area contributed by atoms with E-state index in [0.29, 0.717) is 12.3 Å². The quantitative estimate of drug-likeness (QED) is 0.574. The lowest BCUT2D eigenvalue weighted by atomic mass is 10.1. The molecule has 0 heterocycles. The Morgan fingerprint density at radius 2 is 1.50 bits per heavy atom. The molecule has 3 aromatic carbocycles. The lowest BCUT2D eigenvalue weighted by Gasteiger charge is -2.16. The predicted molar refractivity (Wildman–Crippen MR) is 113 cm³/mol. The van der Waals surface area contributed by atoms with Gasteiger partial charge in [-0.25, -0.2) is 4.79 Å². The Morgan fingerprint density at radius 3 is 2.21 bits per heavy atom. The molecule has 0 spiro atoms. The van der Waals surface area contributed by atoms with E-state index >= 15 is 0 Å². The van der Waals surface area contributed by atoms with Gasteiger partial charge in [-0.1, -0.05) is 30.3 Å². The van der Waals surface area contributed by atoms with Crippen LogP contribution in [0.25, 0.3) is 10.8 Å². The van der Waals surface area contributed by atoms with Crippen molar-refractivity contribution in [1.29, 1.82) is 0 Å². The van der Waals surface area contributed by atoms with Crippen molar-refractivity contribution in [1.82, 2.24) is 0 Å². The highest BCUT2D eigenvalue weighted by Gasteiger charge is 2.13. The van der Waals surface area contributed by atoms with Gasteiger partial charge in [0.15, 0.2) is 0 Å². The lowest BCUT2D eigenvalue weighted by Crippen LogP contribution is -2.31. The fourth-order valence-electron chi connectivity index (χ4n) is 2.77. The second-order valence-electron chi connectivity index (χ2n) is 6.34. The Kier molecular flexibility index (Phi) is 6.11. The van der Waals surface area contributed by atoms with Gasteiger partial charge in [-0.15, -0.1) is 0 Å². The van der Waals surface area contributed by atoms with Crippen LogP contribution in [0.1, 0.15) is 13.8 Å². The van der Waals surface area contributed by atoms with Gasteiger partial charge in [0, 0.05) is 17.1 Å². The van der Waals surface area contributed by atoms with E-state index in [2.05, 4.69) is 16.0 Å². The monoisotopic (exact) mass is 377 g/mol. The Labute approximate surface area is 163 Å². The van der Waals surface area contributed by atoms with Gasteiger partial charge >= 0.3 is 6.09 Å². The number of carbonyl (C=O) groups excluding carboxylic acids is 2. The first kappa shape index (κ1) is 19.2. The molecule has 3 aromatic rings. The molecule has 1 unspecified atom stereocenters. The van der Waals surface area contributed by atoms with Crippen molar-refractivity contribution in [3.05, 3.63) is 66.7 Å². The van der Waals surface area contributed by atoms with E-state index in [4.69, 9.17) is 4.74 Å². The first-order valence-corrected chi connectivity index (χ1v) is 9.15. The molecule has 1 atom stereocenters. The number of hydrogen-bond acceptors (Lipinski definition) is 4. The van der Waals surface area contributed by atoms with Gasteiger partial charge in [0.2, 0.25) is 5.91 Å². The van der Waals surface area contributed by atoms with Crippen LogP contribution in [0.2, 0.25) is 0 Å². The van der Waals surface area contributed by atoms with Crippen molar-refractivity contribution in [3.8, 4) is 0 Å². The normalized spacial score (nSPS) is 11.5. The zero-order chi connectivity index (χ0) is 19.9. The van der Waals surface area contributed by atoms with E-state index < -0.39 is 12.1 Å². The standard InChI is InChI=1S/C22H23N3O3/c1-3-28-22(27)25-19-12-10-18(11-13-19)23-15(2)21(26)24-20-9-8-16-6-4-5-7-17(16)14-20/h4-15,23H,3H2,1-2H3,(H,24,26)(H,25,27). The van der Waals surface area contributed by atoms with Gasteiger partial charge in [0.25, 0.3) is 0 Å². The Hall–Kier alpha value is -3.54. The molecule has 0 aliphatic heterocycles. The molecule has 3 N–H and O–H groups in total. The van der Waals surface area contributed by atoms with Crippen molar-refractivity contribution in [2.24, 2.45) is 0 Å². The van der Waals surface area contributed by atoms with E-state index in [0.717, 1.165) is 22.1 Å². The summed E-state index contributed by atoms with van der Waals surface area (Å²) in [7, 11) is 0. The Balaban J connectivity index is 1.58. The number of amides is 2. The summed E-state index contributed by atoms with van der Waals surface area (Å²) >= 11 is 0. The fourth-order valence-corrected chi connectivity index (χ4v) is 2.77. The molecule has 0 saturated carbocycles. The van der Waals surface area contributed by atoms with Gasteiger partial charge in [-0.05, 0) is 61.0 Å². The predicted octanol–water partition coefficient (Wildman–Crippen LogP) is 4.85. The molecule has 0 fully saturated rings. The van der Waals surface area contributed by atoms with E-state index in [-0.39, 0.29) is 5.91 Å². The third kappa shape index (κ3) is 5.01. The lowest BCUT2D eigenvalue weighted by molar-refractivity contribution is -0.116. The van der Waals surface area contributed by atoms with Crippen molar-refractivity contribution < 1.29 is 14.3 Å². The first-order valence-electron chi connectivity index (χ1n) is 9.15. The molecule has 6 nitrogen and oxygen atoms in total. The Bertz CT molecular complexity index is 970. The first-order chi connectivity index (χ1) is 13.5. The number of benzene rings is 3. The smallest absolute Gasteiger partial charge is 0.411 e. The van der Waals surface area contributed by atoms with Crippen LogP contribution in [-0.2, 0) is 9.53 Å². The third-order valence-corrected chi connectivity index (χ3v) is 4.20. The van der Waals surface area contributed by atoms with Crippen LogP contribution in [0.5, 0.6) is 0 Å². The SMILES string of the molecule is CCOC(=O)Nc1ccc(NC(C)C(=O)Nc2ccc3ccccc3c2)cc1. The minimum Gasteiger partial charge on any atom is -0.450 e. The fraction of sp³-hybridized carbons (Fsp3) is 0.182. The van der Waals surface area contributed by atoms with Gasteiger partial charge < -0.3 is 15.4 Å². The van der Waals surface area contributed by atoms with Gasteiger partial charge in [-0.3, -0.25) is 10.1 Å². The van der Waals surface area contributed by atoms with E-state index in [9.17, 15) is 9.59 Å². The summed E-state index contributed by atoms with van der Waals surface area (Å²) in [5.74, 6) is -0.135. The number of hydrogen-bond donors (Lipinski definition) is 3. The second kappa shape index (κ2) is 8.90. The summed E-state index contributed by atoms with van der Waals surface area (Å²) < 4.78 is 4.84. The largest absolute Gasteiger partial charge is 0.450 e. The van der Waals surface area contributed by atoms with Crippen LogP contribution in [0.3, 0.4) is 0 Å². The van der Waals surface area contributed by atoms with Crippen molar-refractivity contribution in [2.45, 2.75) is 19.9 Å². The maximum absolute atomic E-state index is 12.5. The highest BCUT2D eigenvalue weighted by Crippen LogP contribution is 2.19. The van der Waals surface area contributed by atoms with Crippen LogP contribution >= 0.6 is 0 Å². The van der Waals surface area contributed by atoms with Crippen molar-refractivity contribution in [2.75, 3.05) is 22.6 Å². The molecule has 0 radical (unpaired) electrons. The van der Waals surface area contributed by atoms with Gasteiger partial charge in [0.05, 0.1) is 6.61 Å². The van der Waals surface area contributed by atoms with E-state index in [1.807, 2.05) is 42.5 Å². The zero-order valence-electron chi connectivity index (χ0n) is 15.9. The highest BCUT2D eigenvalue weighted by molar-refractivity contribution is 5.98. The molecule has 0 aliphatic rings. The van der Waals surface area contributed by atoms with Crippen LogP contribution in [0, 0.1) is 0 Å². The average molecular weight is 377 g/mol. The molecule has 0 saturated heterocycles. The third-order valence-electron chi connectivity index (χ3n) is 4.20. The Morgan fingerprint density at radius 1 is 0.857 bits per heavy atom. The molecular weight excluding hydrogens is 354 g/mol. The van der Waals surface area contributed by atoms with Crippen molar-refractivity contribution >= 4 is 39.8 Å². The molecule has 0 aliphatic carbocycles. The average Bonchev–Trinajstić information content (AvgIpc) is 2.69. The molecular formula is C22H23N3O3. The molecule has 3 rings (SSSR count). The molecule has 144 valence electrons. The summed E-state index contributed by atoms with van der Waals surface area (Å²) in [5.41, 5.74) is 2.15. The molecule has 6 heteroatoms. The number of rotatable bonds is 6. The molecule has 28 heavy (non-hydrogen) atoms. The van der Waals surface area contributed by atoms with Gasteiger partial charge in [-0.2, -0.15) is 0 Å². The van der Waals surface area contributed by atoms with E-state index in [1.54, 1.807) is 38.1 Å². The number of fused-ring (bicyclic) bond motifs is 1. The van der Waals surface area contributed by atoms with E-state index in [1.165, 1.54) is 0 Å². The minimum absolute atomic E-state index is 0.135. The second-order valence-corrected chi connectivity index (χ2v) is 6.34. The maximum Gasteiger partial charge on any atom is 0.411 e. The van der Waals surface area contributed by atoms with Crippen LogP contribution < -0.4 is 16.0 Å². The van der Waals surface area contributed by atoms with Gasteiger partial charge in [0.1, 0.15) is 6.04 Å². The summed E-state index contributed by atoms with van der Waals surface area (Å²) in [6.45, 7) is 3.85. The summed E-state index contributed by atoms with van der Waals surface area (Å²) in [6.07, 6.45) is -0.494. The summed E-state index contributed by atoms with van der Waals surface area (Å²) in [6, 6.07) is 20.5. The van der Waals surface area contributed by atoms with Crippen LogP contribution in [0.4, 0.5) is 21.9 Å². The molecule has 2 amide bonds. The number of anilines is 3. The number of nitrogens with one attached hydrogen (secondary N) is 3. The number of ether oxygens (including phenoxy) is 1. The number of carbonyl (C=O) groups is 2. The summed E-state index contributed by atoms with van der Waals surface area (Å²) in [5, 5.41) is 10.9. The van der Waals surface area contributed by atoms with Crippen molar-refractivity contribution in [3.63, 3.8) is 0 Å². The molecule has 0 aromatic heterocycles.